The molecule has 0 spiro atoms. The van der Waals surface area contributed by atoms with Crippen LogP contribution >= 0.6 is 23.5 Å². The van der Waals surface area contributed by atoms with E-state index in [1.54, 1.807) is 38.2 Å². The van der Waals surface area contributed by atoms with Gasteiger partial charge in [-0.1, -0.05) is 48.6 Å². The van der Waals surface area contributed by atoms with E-state index in [0.29, 0.717) is 33.8 Å². The van der Waals surface area contributed by atoms with Gasteiger partial charge in [-0.15, -0.1) is 23.5 Å². The Morgan fingerprint density at radius 1 is 0.778 bits per heavy atom. The average Bonchev–Trinajstić information content (AvgIpc) is 3.15. The molecule has 0 aromatic heterocycles. The van der Waals surface area contributed by atoms with E-state index in [-0.39, 0.29) is 28.4 Å². The van der Waals surface area contributed by atoms with E-state index < -0.39 is 70.5 Å². The van der Waals surface area contributed by atoms with Crippen LogP contribution in [0.5, 0.6) is 11.5 Å². The van der Waals surface area contributed by atoms with Gasteiger partial charge in [-0.05, 0) is 60.4 Å². The van der Waals surface area contributed by atoms with Crippen molar-refractivity contribution in [2.45, 2.75) is 48.8 Å². The number of allylic oxidation sites excluding steroid dienone is 4. The quantitative estimate of drug-likeness (QED) is 0.104. The Hall–Kier alpha value is -5.40. The summed E-state index contributed by atoms with van der Waals surface area (Å²) in [5.74, 6) is -3.50. The van der Waals surface area contributed by atoms with Gasteiger partial charge in [0.05, 0.1) is 0 Å². The van der Waals surface area contributed by atoms with Crippen LogP contribution in [0.1, 0.15) is 37.1 Å². The summed E-state index contributed by atoms with van der Waals surface area (Å²) in [4.78, 5) is 80.3. The number of carboxylic acid groups (broad SMARTS) is 1. The van der Waals surface area contributed by atoms with E-state index in [9.17, 15) is 39.0 Å². The van der Waals surface area contributed by atoms with E-state index in [2.05, 4.69) is 10.6 Å². The van der Waals surface area contributed by atoms with Gasteiger partial charge in [0.15, 0.2) is 0 Å². The van der Waals surface area contributed by atoms with Crippen LogP contribution in [0.15, 0.2) is 95.4 Å². The van der Waals surface area contributed by atoms with Crippen LogP contribution in [0.2, 0.25) is 0 Å². The molecule has 18 heteroatoms. The number of fused-ring (bicyclic) bond motifs is 2. The zero-order valence-corrected chi connectivity index (χ0v) is 30.6. The first kappa shape index (κ1) is 39.8. The van der Waals surface area contributed by atoms with Gasteiger partial charge in [0.1, 0.15) is 57.8 Å². The van der Waals surface area contributed by atoms with Crippen molar-refractivity contribution in [1.29, 1.82) is 0 Å². The minimum absolute atomic E-state index is 0. The summed E-state index contributed by atoms with van der Waals surface area (Å²) < 4.78 is 5.66. The van der Waals surface area contributed by atoms with Crippen LogP contribution in [0.25, 0.3) is 0 Å². The predicted molar refractivity (Wildman–Crippen MR) is 199 cm³/mol. The third-order valence-corrected chi connectivity index (χ3v) is 11.6. The number of benzene rings is 2. The molecular formula is C36H38N6O10S2. The third kappa shape index (κ3) is 7.38. The number of rotatable bonds is 11. The Kier molecular flexibility index (Phi) is 12.0. The van der Waals surface area contributed by atoms with Crippen LogP contribution in [-0.4, -0.2) is 95.4 Å². The van der Waals surface area contributed by atoms with Crippen molar-refractivity contribution in [3.63, 3.8) is 0 Å². The van der Waals surface area contributed by atoms with E-state index in [4.69, 9.17) is 16.2 Å². The highest BCUT2D eigenvalue weighted by molar-refractivity contribution is 8.00. The summed E-state index contributed by atoms with van der Waals surface area (Å²) in [6, 6.07) is 7.52. The summed E-state index contributed by atoms with van der Waals surface area (Å²) >= 11 is 2.71. The number of nitrogens with one attached hydrogen (secondary N) is 2. The number of aromatic hydroxyl groups is 1. The van der Waals surface area contributed by atoms with Crippen molar-refractivity contribution in [3.8, 4) is 11.5 Å². The smallest absolute Gasteiger partial charge is 0.360 e. The fraction of sp³-hybridized carbons (Fsp3) is 0.278. The highest BCUT2D eigenvalue weighted by atomic mass is 32.2. The minimum Gasteiger partial charge on any atom is -0.508 e. The molecule has 2 saturated heterocycles. The van der Waals surface area contributed by atoms with Gasteiger partial charge in [-0.2, -0.15) is 0 Å². The van der Waals surface area contributed by atoms with Crippen LogP contribution in [-0.2, 0) is 28.8 Å². The number of phenols is 1. The first-order valence-corrected chi connectivity index (χ1v) is 18.5. The van der Waals surface area contributed by atoms with Gasteiger partial charge < -0.3 is 42.5 Å². The maximum atomic E-state index is 13.6. The Morgan fingerprint density at radius 2 is 1.20 bits per heavy atom. The van der Waals surface area contributed by atoms with Gasteiger partial charge >= 0.3 is 11.9 Å². The van der Waals surface area contributed by atoms with Gasteiger partial charge in [0.25, 0.3) is 11.8 Å². The maximum absolute atomic E-state index is 13.6. The van der Waals surface area contributed by atoms with E-state index in [0.717, 1.165) is 0 Å². The summed E-state index contributed by atoms with van der Waals surface area (Å²) in [6.07, 6.45) is 6.78. The standard InChI is InChI=1S/C36H36N6O9S2.H2O/c1-3-5-19-15-52-33-25(31(46)41(33)27(19)35(48)49)39-30(45)24(38)18-9-13-22(14-10-18)51-36(50)28-20(6-4-2)16-53-34-26(32(47)42(28)34)40-29(44)23(37)17-7-11-21(43)12-8-17;/h3-14,23-26,33-34,43H,15-16,37-38H2,1-2H3,(H,39,45)(H,40,44)(H,48,49);1H2/t23-,24-,25-,26?,33+,34?;/m1./s1. The number of hydrogen-bond donors (Lipinski definition) is 6. The fourth-order valence-electron chi connectivity index (χ4n) is 6.30. The minimum atomic E-state index is -1.23. The number of ether oxygens (including phenoxy) is 1. The first-order chi connectivity index (χ1) is 25.4. The molecule has 4 heterocycles. The molecule has 2 aromatic rings. The van der Waals surface area contributed by atoms with Crippen molar-refractivity contribution >= 4 is 59.1 Å². The Labute approximate surface area is 317 Å². The molecule has 2 aromatic carbocycles. The molecule has 284 valence electrons. The first-order valence-electron chi connectivity index (χ1n) is 16.4. The number of esters is 1. The van der Waals surface area contributed by atoms with E-state index >= 15 is 0 Å². The maximum Gasteiger partial charge on any atom is 0.360 e. The molecular weight excluding hydrogens is 741 g/mol. The molecule has 2 unspecified atom stereocenters. The lowest BCUT2D eigenvalue weighted by atomic mass is 10.0. The number of aliphatic carboxylic acids is 1. The fourth-order valence-corrected chi connectivity index (χ4v) is 8.94. The molecule has 0 aliphatic carbocycles. The lowest BCUT2D eigenvalue weighted by Crippen LogP contribution is -2.71. The van der Waals surface area contributed by atoms with Gasteiger partial charge in [-0.25, -0.2) is 9.59 Å². The molecule has 54 heavy (non-hydrogen) atoms. The number of carbonyl (C=O) groups is 6. The molecule has 16 nitrogen and oxygen atoms in total. The second kappa shape index (κ2) is 16.3. The number of nitrogens with zero attached hydrogens (tertiary/aromatic N) is 2. The number of amides is 4. The molecule has 6 atom stereocenters. The molecule has 0 radical (unpaired) electrons. The van der Waals surface area contributed by atoms with Crippen molar-refractivity contribution < 1.29 is 49.2 Å². The van der Waals surface area contributed by atoms with Gasteiger partial charge in [0.2, 0.25) is 11.8 Å². The van der Waals surface area contributed by atoms with Crippen LogP contribution < -0.4 is 26.8 Å². The molecule has 2 fully saturated rings. The van der Waals surface area contributed by atoms with Gasteiger partial charge in [-0.3, -0.25) is 29.0 Å². The van der Waals surface area contributed by atoms with Crippen LogP contribution in [0, 0.1) is 0 Å². The normalized spacial score (nSPS) is 23.1. The third-order valence-electron chi connectivity index (χ3n) is 8.99. The number of thioether (sulfide) groups is 2. The molecule has 4 aliphatic rings. The predicted octanol–water partition coefficient (Wildman–Crippen LogP) is 0.718. The lowest BCUT2D eigenvalue weighted by molar-refractivity contribution is -0.150. The van der Waals surface area contributed by atoms with Crippen molar-refractivity contribution in [3.05, 3.63) is 107 Å². The number of carbonyl (C=O) groups excluding carboxylic acids is 5. The molecule has 0 bridgehead atoms. The number of nitrogens with two attached hydrogens (primary N) is 2. The second-order valence-corrected chi connectivity index (χ2v) is 14.6. The summed E-state index contributed by atoms with van der Waals surface area (Å²) in [5.41, 5.74) is 14.1. The molecule has 0 saturated carbocycles. The number of β-lactam (4-membered cyclic amide) rings is 2. The average molecular weight is 779 g/mol. The summed E-state index contributed by atoms with van der Waals surface area (Å²) in [6.45, 7) is 3.52. The van der Waals surface area contributed by atoms with Gasteiger partial charge in [0, 0.05) is 11.5 Å². The highest BCUT2D eigenvalue weighted by Gasteiger charge is 2.55. The van der Waals surface area contributed by atoms with Crippen molar-refractivity contribution in [2.75, 3.05) is 11.5 Å². The zero-order valence-electron chi connectivity index (χ0n) is 28.9. The monoisotopic (exact) mass is 778 g/mol. The largest absolute Gasteiger partial charge is 0.508 e. The second-order valence-electron chi connectivity index (χ2n) is 12.4. The number of carboxylic acids is 1. The molecule has 4 aliphatic heterocycles. The topological polar surface area (TPSA) is 266 Å². The summed E-state index contributed by atoms with van der Waals surface area (Å²) in [7, 11) is 0. The van der Waals surface area contributed by atoms with Crippen molar-refractivity contribution in [1.82, 2.24) is 20.4 Å². The van der Waals surface area contributed by atoms with E-state index in [1.165, 1.54) is 81.9 Å². The Bertz CT molecular complexity index is 2000. The Balaban J connectivity index is 0.00000561. The van der Waals surface area contributed by atoms with Crippen molar-refractivity contribution in [2.24, 2.45) is 11.5 Å². The Morgan fingerprint density at radius 3 is 1.65 bits per heavy atom. The van der Waals surface area contributed by atoms with E-state index in [1.807, 2.05) is 0 Å². The summed E-state index contributed by atoms with van der Waals surface area (Å²) in [5, 5.41) is 23.4. The zero-order chi connectivity index (χ0) is 38.1. The highest BCUT2D eigenvalue weighted by Crippen LogP contribution is 2.42. The van der Waals surface area contributed by atoms with Crippen LogP contribution in [0.3, 0.4) is 0 Å². The molecule has 4 amide bonds. The van der Waals surface area contributed by atoms with Crippen LogP contribution in [0.4, 0.5) is 0 Å². The lowest BCUT2D eigenvalue weighted by Gasteiger charge is -2.49. The molecule has 6 rings (SSSR count). The number of phenolic OH excluding ortho intramolecular Hbond substituents is 1. The molecule has 10 N–H and O–H groups in total. The number of hydrogen-bond acceptors (Lipinski definition) is 12. The SMILES string of the molecule is CC=CC1=C(C(=O)Oc2ccc([C@@H](N)C(=O)N[C@@H]3C(=O)N4C(C(=O)O)=C(C=CC)CS[C@@H]34)cc2)N2C(=O)C(NC(=O)[C@H](N)c3ccc(O)cc3)C2SC1.O.